The molecule has 4 nitrogen and oxygen atoms in total. The van der Waals surface area contributed by atoms with Gasteiger partial charge >= 0.3 is 0 Å². The highest BCUT2D eigenvalue weighted by atomic mass is 16.5. The van der Waals surface area contributed by atoms with Crippen molar-refractivity contribution < 1.29 is 9.47 Å². The van der Waals surface area contributed by atoms with Crippen LogP contribution in [0.25, 0.3) is 28.1 Å². The molecule has 29 heavy (non-hydrogen) atoms. The predicted molar refractivity (Wildman–Crippen MR) is 117 cm³/mol. The van der Waals surface area contributed by atoms with Crippen molar-refractivity contribution in [2.45, 2.75) is 13.8 Å². The summed E-state index contributed by atoms with van der Waals surface area (Å²) in [6, 6.07) is 22.1. The highest BCUT2D eigenvalue weighted by molar-refractivity contribution is 5.97. The first-order chi connectivity index (χ1) is 14.2. The third-order valence-electron chi connectivity index (χ3n) is 4.73. The van der Waals surface area contributed by atoms with E-state index in [0.717, 1.165) is 27.6 Å². The Morgan fingerprint density at radius 2 is 1.59 bits per heavy atom. The smallest absolute Gasteiger partial charge is 0.246 e. The molecule has 0 atom stereocenters. The summed E-state index contributed by atoms with van der Waals surface area (Å²) in [5.74, 6) is 1.70. The van der Waals surface area contributed by atoms with Gasteiger partial charge in [0.1, 0.15) is 5.69 Å². The summed E-state index contributed by atoms with van der Waals surface area (Å²) in [5, 5.41) is 10.8. The van der Waals surface area contributed by atoms with Gasteiger partial charge in [-0.1, -0.05) is 66.2 Å². The first kappa shape index (κ1) is 18.7. The zero-order valence-corrected chi connectivity index (χ0v) is 16.7. The third kappa shape index (κ3) is 3.83. The second-order valence-electron chi connectivity index (χ2n) is 6.78. The van der Waals surface area contributed by atoms with E-state index in [1.807, 2.05) is 61.5 Å². The van der Waals surface area contributed by atoms with Crippen molar-refractivity contribution in [2.24, 2.45) is 0 Å². The Morgan fingerprint density at radius 3 is 2.31 bits per heavy atom. The fourth-order valence-electron chi connectivity index (χ4n) is 3.25. The minimum Gasteiger partial charge on any atom is -0.493 e. The topological polar surface area (TPSA) is 44.2 Å². The third-order valence-corrected chi connectivity index (χ3v) is 4.73. The molecule has 0 aliphatic heterocycles. The number of allylic oxidation sites excluding steroid dienone is 1. The summed E-state index contributed by atoms with van der Waals surface area (Å²) in [6.07, 6.45) is 4.00. The zero-order chi connectivity index (χ0) is 20.2. The number of ether oxygens (including phenoxy) is 2. The summed E-state index contributed by atoms with van der Waals surface area (Å²) in [5.41, 5.74) is 4.12. The molecular weight excluding hydrogens is 360 g/mol. The number of hydrogen-bond acceptors (Lipinski definition) is 4. The van der Waals surface area contributed by atoms with E-state index in [0.29, 0.717) is 17.4 Å². The van der Waals surface area contributed by atoms with Crippen molar-refractivity contribution in [1.82, 2.24) is 10.2 Å². The van der Waals surface area contributed by atoms with Gasteiger partial charge < -0.3 is 9.47 Å². The van der Waals surface area contributed by atoms with E-state index >= 15 is 0 Å². The first-order valence-electron chi connectivity index (χ1n) is 9.50. The van der Waals surface area contributed by atoms with Crippen LogP contribution in [-0.4, -0.2) is 17.3 Å². The maximum atomic E-state index is 6.13. The number of aryl methyl sites for hydroxylation is 1. The fourth-order valence-corrected chi connectivity index (χ4v) is 3.25. The maximum absolute atomic E-state index is 6.13. The van der Waals surface area contributed by atoms with Gasteiger partial charge in [0, 0.05) is 16.3 Å². The molecule has 1 aromatic heterocycles. The van der Waals surface area contributed by atoms with Gasteiger partial charge in [0.2, 0.25) is 5.88 Å². The number of methoxy groups -OCH3 is 1. The Balaban J connectivity index is 1.78. The van der Waals surface area contributed by atoms with Crippen LogP contribution in [0, 0.1) is 6.92 Å². The lowest BCUT2D eigenvalue weighted by atomic mass is 10.0. The molecule has 0 aliphatic rings. The molecule has 144 valence electrons. The van der Waals surface area contributed by atoms with Gasteiger partial charge in [-0.3, -0.25) is 0 Å². The van der Waals surface area contributed by atoms with Gasteiger partial charge in [0.05, 0.1) is 7.11 Å². The monoisotopic (exact) mass is 382 g/mol. The van der Waals surface area contributed by atoms with E-state index < -0.39 is 0 Å². The van der Waals surface area contributed by atoms with Crippen molar-refractivity contribution in [2.75, 3.05) is 7.11 Å². The van der Waals surface area contributed by atoms with Gasteiger partial charge in [0.15, 0.2) is 11.5 Å². The van der Waals surface area contributed by atoms with E-state index in [1.165, 1.54) is 5.56 Å². The lowest BCUT2D eigenvalue weighted by molar-refractivity contribution is 0.374. The normalized spacial score (nSPS) is 11.1. The molecule has 0 aliphatic carbocycles. The molecule has 4 rings (SSSR count). The Bertz CT molecular complexity index is 1180. The van der Waals surface area contributed by atoms with E-state index in [2.05, 4.69) is 41.4 Å². The highest BCUT2D eigenvalue weighted by Gasteiger charge is 2.14. The number of nitrogens with zero attached hydrogens (tertiary/aromatic N) is 2. The summed E-state index contributed by atoms with van der Waals surface area (Å²) in [6.45, 7) is 4.05. The summed E-state index contributed by atoms with van der Waals surface area (Å²) in [7, 11) is 1.63. The maximum Gasteiger partial charge on any atom is 0.246 e. The second kappa shape index (κ2) is 8.15. The SMILES string of the molecule is C/C=C/c1ccc(Oc2nnc(-c3ccc(C)cc3)c3ccccc23)c(OC)c1. The van der Waals surface area contributed by atoms with Crippen molar-refractivity contribution in [3.8, 4) is 28.6 Å². The molecular formula is C25H22N2O2. The van der Waals surface area contributed by atoms with Gasteiger partial charge in [-0.15, -0.1) is 10.2 Å². The van der Waals surface area contributed by atoms with Crippen LogP contribution in [0.2, 0.25) is 0 Å². The number of hydrogen-bond donors (Lipinski definition) is 0. The highest BCUT2D eigenvalue weighted by Crippen LogP contribution is 2.36. The van der Waals surface area contributed by atoms with E-state index in [4.69, 9.17) is 9.47 Å². The zero-order valence-electron chi connectivity index (χ0n) is 16.7. The van der Waals surface area contributed by atoms with Crippen LogP contribution < -0.4 is 9.47 Å². The Morgan fingerprint density at radius 1 is 0.828 bits per heavy atom. The summed E-state index contributed by atoms with van der Waals surface area (Å²) >= 11 is 0. The fraction of sp³-hybridized carbons (Fsp3) is 0.120. The number of benzene rings is 3. The van der Waals surface area contributed by atoms with E-state index in [-0.39, 0.29) is 0 Å². The lowest BCUT2D eigenvalue weighted by Gasteiger charge is -2.13. The molecule has 0 unspecified atom stereocenters. The minimum atomic E-state index is 0.452. The van der Waals surface area contributed by atoms with Crippen LogP contribution >= 0.6 is 0 Å². The van der Waals surface area contributed by atoms with E-state index in [9.17, 15) is 0 Å². The molecule has 0 saturated carbocycles. The van der Waals surface area contributed by atoms with Crippen LogP contribution in [0.3, 0.4) is 0 Å². The van der Waals surface area contributed by atoms with Crippen LogP contribution in [0.1, 0.15) is 18.1 Å². The number of aromatic nitrogens is 2. The van der Waals surface area contributed by atoms with Crippen molar-refractivity contribution in [1.29, 1.82) is 0 Å². The van der Waals surface area contributed by atoms with Crippen LogP contribution in [0.15, 0.2) is 72.8 Å². The molecule has 0 saturated heterocycles. The van der Waals surface area contributed by atoms with Crippen molar-refractivity contribution in [3.05, 3.63) is 83.9 Å². The molecule has 0 amide bonds. The lowest BCUT2D eigenvalue weighted by Crippen LogP contribution is -1.97. The number of rotatable bonds is 5. The van der Waals surface area contributed by atoms with Gasteiger partial charge in [-0.2, -0.15) is 0 Å². The Labute approximate surface area is 170 Å². The number of fused-ring (bicyclic) bond motifs is 1. The molecule has 0 radical (unpaired) electrons. The molecule has 3 aromatic carbocycles. The molecule has 0 bridgehead atoms. The molecule has 0 spiro atoms. The summed E-state index contributed by atoms with van der Waals surface area (Å²) in [4.78, 5) is 0. The Kier molecular flexibility index (Phi) is 5.25. The molecule has 4 heteroatoms. The molecule has 1 heterocycles. The van der Waals surface area contributed by atoms with Crippen LogP contribution in [-0.2, 0) is 0 Å². The van der Waals surface area contributed by atoms with Crippen LogP contribution in [0.4, 0.5) is 0 Å². The standard InChI is InChI=1S/C25H22N2O2/c1-4-7-18-12-15-22(23(16-18)28-3)29-25-21-9-6-5-8-20(21)24(26-27-25)19-13-10-17(2)11-14-19/h4-16H,1-3H3/b7-4+. The van der Waals surface area contributed by atoms with Gasteiger partial charge in [0.25, 0.3) is 0 Å². The second-order valence-corrected chi connectivity index (χ2v) is 6.78. The largest absolute Gasteiger partial charge is 0.493 e. The van der Waals surface area contributed by atoms with Gasteiger partial charge in [-0.25, -0.2) is 0 Å². The Hall–Kier alpha value is -3.66. The van der Waals surface area contributed by atoms with Crippen molar-refractivity contribution in [3.63, 3.8) is 0 Å². The quantitative estimate of drug-likeness (QED) is 0.398. The van der Waals surface area contributed by atoms with Gasteiger partial charge in [-0.05, 0) is 37.6 Å². The minimum absolute atomic E-state index is 0.452. The molecule has 0 N–H and O–H groups in total. The summed E-state index contributed by atoms with van der Waals surface area (Å²) < 4.78 is 11.6. The average Bonchev–Trinajstić information content (AvgIpc) is 2.76. The van der Waals surface area contributed by atoms with E-state index in [1.54, 1.807) is 7.11 Å². The molecule has 0 fully saturated rings. The molecule has 4 aromatic rings. The van der Waals surface area contributed by atoms with Crippen molar-refractivity contribution >= 4 is 16.8 Å². The first-order valence-corrected chi connectivity index (χ1v) is 9.50. The van der Waals surface area contributed by atoms with Crippen LogP contribution in [0.5, 0.6) is 17.4 Å². The average molecular weight is 382 g/mol. The predicted octanol–water partition coefficient (Wildman–Crippen LogP) is 6.44.